The van der Waals surface area contributed by atoms with E-state index in [-0.39, 0.29) is 6.09 Å². The summed E-state index contributed by atoms with van der Waals surface area (Å²) in [7, 11) is 0. The summed E-state index contributed by atoms with van der Waals surface area (Å²) in [4.78, 5) is 14.0. The van der Waals surface area contributed by atoms with Gasteiger partial charge in [0.2, 0.25) is 0 Å². The van der Waals surface area contributed by atoms with Crippen LogP contribution in [0.3, 0.4) is 0 Å². The van der Waals surface area contributed by atoms with Crippen molar-refractivity contribution in [3.05, 3.63) is 34.9 Å². The van der Waals surface area contributed by atoms with E-state index >= 15 is 0 Å². The Kier molecular flexibility index (Phi) is 4.88. The van der Waals surface area contributed by atoms with Crippen molar-refractivity contribution < 1.29 is 9.53 Å². The molecule has 0 bridgehead atoms. The number of fused-ring (bicyclic) bond motifs is 1. The van der Waals surface area contributed by atoms with Crippen LogP contribution in [0.4, 0.5) is 4.79 Å². The number of nitrogens with zero attached hydrogens (tertiary/aromatic N) is 1. The largest absolute Gasteiger partial charge is 0.444 e. The highest BCUT2D eigenvalue weighted by Crippen LogP contribution is 2.24. The van der Waals surface area contributed by atoms with E-state index in [1.807, 2.05) is 25.7 Å². The fraction of sp³-hybridized carbons (Fsp3) is 0.588. The molecule has 116 valence electrons. The van der Waals surface area contributed by atoms with Crippen LogP contribution >= 0.6 is 0 Å². The molecule has 0 saturated carbocycles. The molecular formula is C17H26N2O2. The van der Waals surface area contributed by atoms with Gasteiger partial charge in [-0.15, -0.1) is 0 Å². The quantitative estimate of drug-likeness (QED) is 0.930. The van der Waals surface area contributed by atoms with Crippen molar-refractivity contribution >= 4 is 6.09 Å². The lowest BCUT2D eigenvalue weighted by atomic mass is 9.95. The second-order valence-corrected chi connectivity index (χ2v) is 6.49. The molecular weight excluding hydrogens is 264 g/mol. The zero-order valence-corrected chi connectivity index (χ0v) is 13.5. The number of carbonyl (C=O) groups is 1. The minimum Gasteiger partial charge on any atom is -0.444 e. The van der Waals surface area contributed by atoms with Gasteiger partial charge in [-0.05, 0) is 50.4 Å². The summed E-state index contributed by atoms with van der Waals surface area (Å²) in [5.41, 5.74) is 3.46. The highest BCUT2D eigenvalue weighted by Gasteiger charge is 2.26. The number of hydrogen-bond acceptors (Lipinski definition) is 3. The van der Waals surface area contributed by atoms with E-state index in [9.17, 15) is 4.79 Å². The molecule has 0 aliphatic carbocycles. The summed E-state index contributed by atoms with van der Waals surface area (Å²) in [6.45, 7) is 11.0. The van der Waals surface area contributed by atoms with E-state index in [2.05, 4.69) is 30.4 Å². The Morgan fingerprint density at radius 2 is 2.14 bits per heavy atom. The van der Waals surface area contributed by atoms with Gasteiger partial charge in [0.05, 0.1) is 0 Å². The van der Waals surface area contributed by atoms with Gasteiger partial charge in [-0.25, -0.2) is 4.79 Å². The van der Waals surface area contributed by atoms with Crippen LogP contribution in [0.25, 0.3) is 0 Å². The van der Waals surface area contributed by atoms with Crippen molar-refractivity contribution in [2.24, 2.45) is 0 Å². The molecule has 2 rings (SSSR count). The average molecular weight is 290 g/mol. The molecule has 1 amide bonds. The molecule has 0 radical (unpaired) electrons. The highest BCUT2D eigenvalue weighted by atomic mass is 16.6. The van der Waals surface area contributed by atoms with Gasteiger partial charge < -0.3 is 15.0 Å². The maximum absolute atomic E-state index is 12.2. The Labute approximate surface area is 127 Å². The van der Waals surface area contributed by atoms with Gasteiger partial charge in [-0.3, -0.25) is 0 Å². The normalized spacial score (nSPS) is 14.8. The first kappa shape index (κ1) is 15.8. The molecule has 0 aromatic heterocycles. The van der Waals surface area contributed by atoms with Gasteiger partial charge >= 0.3 is 6.09 Å². The summed E-state index contributed by atoms with van der Waals surface area (Å²) >= 11 is 0. The second-order valence-electron chi connectivity index (χ2n) is 6.49. The van der Waals surface area contributed by atoms with E-state index in [0.29, 0.717) is 6.54 Å². The van der Waals surface area contributed by atoms with Gasteiger partial charge in [0.15, 0.2) is 0 Å². The predicted molar refractivity (Wildman–Crippen MR) is 84.2 cm³/mol. The molecule has 1 heterocycles. The third kappa shape index (κ3) is 4.21. The third-order valence-electron chi connectivity index (χ3n) is 3.59. The summed E-state index contributed by atoms with van der Waals surface area (Å²) in [6.07, 6.45) is 0.681. The van der Waals surface area contributed by atoms with Crippen LogP contribution in [-0.2, 0) is 24.2 Å². The molecule has 4 nitrogen and oxygen atoms in total. The monoisotopic (exact) mass is 290 g/mol. The molecule has 0 saturated heterocycles. The van der Waals surface area contributed by atoms with Crippen LogP contribution in [-0.4, -0.2) is 29.7 Å². The Bertz CT molecular complexity index is 506. The fourth-order valence-corrected chi connectivity index (χ4v) is 2.56. The van der Waals surface area contributed by atoms with Crippen molar-refractivity contribution in [2.45, 2.75) is 52.8 Å². The minimum absolute atomic E-state index is 0.216. The summed E-state index contributed by atoms with van der Waals surface area (Å²) < 4.78 is 5.48. The molecule has 0 unspecified atom stereocenters. The van der Waals surface area contributed by atoms with Crippen LogP contribution < -0.4 is 5.32 Å². The van der Waals surface area contributed by atoms with Crippen molar-refractivity contribution in [2.75, 3.05) is 13.1 Å². The highest BCUT2D eigenvalue weighted by molar-refractivity contribution is 5.68. The van der Waals surface area contributed by atoms with E-state index in [4.69, 9.17) is 4.74 Å². The van der Waals surface area contributed by atoms with E-state index in [1.165, 1.54) is 16.7 Å². The maximum atomic E-state index is 12.2. The van der Waals surface area contributed by atoms with Crippen molar-refractivity contribution in [1.29, 1.82) is 0 Å². The van der Waals surface area contributed by atoms with E-state index < -0.39 is 5.60 Å². The zero-order chi connectivity index (χ0) is 15.5. The van der Waals surface area contributed by atoms with Crippen molar-refractivity contribution in [1.82, 2.24) is 10.2 Å². The number of ether oxygens (including phenoxy) is 1. The zero-order valence-electron chi connectivity index (χ0n) is 13.5. The molecule has 1 N–H and O–H groups in total. The summed E-state index contributed by atoms with van der Waals surface area (Å²) in [5.74, 6) is 0. The second kappa shape index (κ2) is 6.48. The Morgan fingerprint density at radius 1 is 1.38 bits per heavy atom. The minimum atomic E-state index is -0.444. The Hall–Kier alpha value is -1.55. The predicted octanol–water partition coefficient (Wildman–Crippen LogP) is 3.09. The lowest BCUT2D eigenvalue weighted by Gasteiger charge is -2.32. The summed E-state index contributed by atoms with van der Waals surface area (Å²) in [5, 5.41) is 3.36. The van der Waals surface area contributed by atoms with Crippen LogP contribution in [0.15, 0.2) is 18.2 Å². The number of rotatable bonds is 3. The van der Waals surface area contributed by atoms with E-state index in [0.717, 1.165) is 26.1 Å². The first-order valence-electron chi connectivity index (χ1n) is 7.69. The number of benzene rings is 1. The van der Waals surface area contributed by atoms with Crippen LogP contribution in [0.2, 0.25) is 0 Å². The van der Waals surface area contributed by atoms with E-state index in [1.54, 1.807) is 0 Å². The topological polar surface area (TPSA) is 41.6 Å². The molecule has 21 heavy (non-hydrogen) atoms. The number of nitrogens with one attached hydrogen (secondary N) is 1. The van der Waals surface area contributed by atoms with Crippen LogP contribution in [0.1, 0.15) is 44.4 Å². The lowest BCUT2D eigenvalue weighted by Crippen LogP contribution is -2.40. The molecule has 4 heteroatoms. The van der Waals surface area contributed by atoms with Gasteiger partial charge in [-0.1, -0.05) is 25.1 Å². The number of hydrogen-bond donors (Lipinski definition) is 1. The smallest absolute Gasteiger partial charge is 0.410 e. The first-order valence-corrected chi connectivity index (χ1v) is 7.69. The Balaban J connectivity index is 2.13. The number of amides is 1. The maximum Gasteiger partial charge on any atom is 0.410 e. The average Bonchev–Trinajstić information content (AvgIpc) is 2.42. The Morgan fingerprint density at radius 3 is 2.81 bits per heavy atom. The van der Waals surface area contributed by atoms with Gasteiger partial charge in [0.25, 0.3) is 0 Å². The SMILES string of the molecule is CCNCc1cccc2c1CN(C(=O)OC(C)(C)C)CC2. The molecule has 1 aromatic rings. The van der Waals surface area contributed by atoms with Crippen molar-refractivity contribution in [3.8, 4) is 0 Å². The fourth-order valence-electron chi connectivity index (χ4n) is 2.56. The lowest BCUT2D eigenvalue weighted by molar-refractivity contribution is 0.0223. The molecule has 0 atom stereocenters. The summed E-state index contributed by atoms with van der Waals surface area (Å²) in [6, 6.07) is 6.41. The molecule has 1 aliphatic heterocycles. The van der Waals surface area contributed by atoms with Gasteiger partial charge in [0, 0.05) is 19.6 Å². The van der Waals surface area contributed by atoms with Crippen molar-refractivity contribution in [3.63, 3.8) is 0 Å². The van der Waals surface area contributed by atoms with Crippen LogP contribution in [0.5, 0.6) is 0 Å². The van der Waals surface area contributed by atoms with Crippen LogP contribution in [0, 0.1) is 0 Å². The molecule has 0 fully saturated rings. The molecule has 1 aromatic carbocycles. The third-order valence-corrected chi connectivity index (χ3v) is 3.59. The standard InChI is InChI=1S/C17H26N2O2/c1-5-18-11-14-8-6-7-13-9-10-19(12-15(13)14)16(20)21-17(2,3)4/h6-8,18H,5,9-12H2,1-4H3. The first-order chi connectivity index (χ1) is 9.90. The number of carbonyl (C=O) groups excluding carboxylic acids is 1. The molecule has 0 spiro atoms. The van der Waals surface area contributed by atoms with Gasteiger partial charge in [0.1, 0.15) is 5.60 Å². The molecule has 1 aliphatic rings. The van der Waals surface area contributed by atoms with Gasteiger partial charge in [-0.2, -0.15) is 0 Å².